The molecule has 0 saturated carbocycles. The summed E-state index contributed by atoms with van der Waals surface area (Å²) >= 11 is 0. The molecule has 2 heterocycles. The van der Waals surface area contributed by atoms with Crippen molar-refractivity contribution < 1.29 is 26.4 Å². The van der Waals surface area contributed by atoms with Gasteiger partial charge >= 0.3 is 5.97 Å². The van der Waals surface area contributed by atoms with E-state index in [1.807, 2.05) is 0 Å². The van der Waals surface area contributed by atoms with Crippen molar-refractivity contribution in [1.82, 2.24) is 4.31 Å². The molecule has 7 nitrogen and oxygen atoms in total. The first-order chi connectivity index (χ1) is 14.2. The zero-order valence-corrected chi connectivity index (χ0v) is 18.1. The molecule has 0 amide bonds. The summed E-state index contributed by atoms with van der Waals surface area (Å²) in [6.07, 6.45) is 1.86. The first-order valence-corrected chi connectivity index (χ1v) is 12.7. The minimum absolute atomic E-state index is 0.0939. The number of nitrogens with zero attached hydrogens (tertiary/aromatic N) is 1. The summed E-state index contributed by atoms with van der Waals surface area (Å²) in [4.78, 5) is 12.0. The Morgan fingerprint density at radius 3 is 1.97 bits per heavy atom. The molecule has 2 atom stereocenters. The predicted octanol–water partition coefficient (Wildman–Crippen LogP) is 2.63. The molecule has 2 aromatic rings. The van der Waals surface area contributed by atoms with Crippen LogP contribution in [0.25, 0.3) is 0 Å². The van der Waals surface area contributed by atoms with E-state index in [0.717, 1.165) is 0 Å². The third-order valence-corrected chi connectivity index (χ3v) is 10.2. The van der Waals surface area contributed by atoms with Gasteiger partial charge in [-0.2, -0.15) is 4.31 Å². The average molecular weight is 450 g/mol. The van der Waals surface area contributed by atoms with E-state index < -0.39 is 31.1 Å². The van der Waals surface area contributed by atoms with Crippen molar-refractivity contribution in [2.45, 2.75) is 52.8 Å². The maximum absolute atomic E-state index is 13.3. The highest BCUT2D eigenvalue weighted by Crippen LogP contribution is 2.42. The molecule has 0 spiro atoms. The standard InChI is InChI=1S/C21H23NO6S2/c1-28-21(23)15-7-11-19(12-8-15)30(26,27)22-16-9-10-17(22)14-20(13-16)29(24,25)18-5-3-2-4-6-18/h2-8,11-12,16-17,20H,9-10,13-14H2,1H3. The maximum Gasteiger partial charge on any atom is 0.337 e. The second-order valence-electron chi connectivity index (χ2n) is 7.69. The number of sulfonamides is 1. The number of hydrogen-bond donors (Lipinski definition) is 0. The second-order valence-corrected chi connectivity index (χ2v) is 11.8. The van der Waals surface area contributed by atoms with Crippen molar-refractivity contribution in [3.8, 4) is 0 Å². The molecule has 0 N–H and O–H groups in total. The van der Waals surface area contributed by atoms with Crippen LogP contribution in [0.5, 0.6) is 0 Å². The number of carbonyl (C=O) groups excluding carboxylic acids is 1. The van der Waals surface area contributed by atoms with E-state index in [1.54, 1.807) is 30.3 Å². The number of esters is 1. The minimum Gasteiger partial charge on any atom is -0.465 e. The van der Waals surface area contributed by atoms with Crippen LogP contribution in [0.1, 0.15) is 36.0 Å². The van der Waals surface area contributed by atoms with Crippen LogP contribution >= 0.6 is 0 Å². The summed E-state index contributed by atoms with van der Waals surface area (Å²) in [5, 5.41) is -0.592. The number of piperidine rings is 1. The van der Waals surface area contributed by atoms with Crippen LogP contribution in [-0.2, 0) is 24.6 Å². The molecule has 2 aromatic carbocycles. The van der Waals surface area contributed by atoms with Gasteiger partial charge in [0.2, 0.25) is 10.0 Å². The van der Waals surface area contributed by atoms with Crippen molar-refractivity contribution in [2.75, 3.05) is 7.11 Å². The first-order valence-electron chi connectivity index (χ1n) is 9.76. The molecule has 2 aliphatic rings. The minimum atomic E-state index is -3.79. The lowest BCUT2D eigenvalue weighted by atomic mass is 10.1. The summed E-state index contributed by atoms with van der Waals surface area (Å²) < 4.78 is 58.8. The lowest BCUT2D eigenvalue weighted by molar-refractivity contribution is 0.0600. The molecule has 160 valence electrons. The third kappa shape index (κ3) is 3.55. The van der Waals surface area contributed by atoms with Gasteiger partial charge in [-0.05, 0) is 62.1 Å². The van der Waals surface area contributed by atoms with E-state index in [2.05, 4.69) is 4.74 Å². The Bertz CT molecular complexity index is 1130. The molecule has 2 aliphatic heterocycles. The molecule has 0 aliphatic carbocycles. The third-order valence-electron chi connectivity index (χ3n) is 5.98. The number of sulfone groups is 1. The van der Waals surface area contributed by atoms with Crippen LogP contribution < -0.4 is 0 Å². The maximum atomic E-state index is 13.3. The van der Waals surface area contributed by atoms with Gasteiger partial charge in [-0.1, -0.05) is 18.2 Å². The van der Waals surface area contributed by atoms with E-state index in [4.69, 9.17) is 0 Å². The topological polar surface area (TPSA) is 97.8 Å². The molecule has 2 saturated heterocycles. The fourth-order valence-corrected chi connectivity index (χ4v) is 8.30. The molecule has 0 radical (unpaired) electrons. The van der Waals surface area contributed by atoms with Crippen LogP contribution in [0, 0.1) is 0 Å². The number of hydrogen-bond acceptors (Lipinski definition) is 6. The van der Waals surface area contributed by atoms with E-state index in [9.17, 15) is 21.6 Å². The second kappa shape index (κ2) is 7.79. The summed E-state index contributed by atoms with van der Waals surface area (Å²) in [7, 11) is -6.04. The van der Waals surface area contributed by atoms with Crippen LogP contribution in [0.3, 0.4) is 0 Å². The lowest BCUT2D eigenvalue weighted by Gasteiger charge is -2.37. The number of fused-ring (bicyclic) bond motifs is 2. The van der Waals surface area contributed by atoms with Gasteiger partial charge in [0.15, 0.2) is 9.84 Å². The molecule has 2 fully saturated rings. The predicted molar refractivity (Wildman–Crippen MR) is 110 cm³/mol. The van der Waals surface area contributed by atoms with E-state index >= 15 is 0 Å². The molecule has 9 heteroatoms. The van der Waals surface area contributed by atoms with Crippen molar-refractivity contribution in [1.29, 1.82) is 0 Å². The number of carbonyl (C=O) groups is 1. The fourth-order valence-electron chi connectivity index (χ4n) is 4.54. The fraction of sp³-hybridized carbons (Fsp3) is 0.381. The average Bonchev–Trinajstić information content (AvgIpc) is 3.04. The Balaban J connectivity index is 1.59. The Kier molecular flexibility index (Phi) is 5.46. The van der Waals surface area contributed by atoms with Crippen LogP contribution in [-0.4, -0.2) is 51.6 Å². The summed E-state index contributed by atoms with van der Waals surface area (Å²) in [6.45, 7) is 0. The van der Waals surface area contributed by atoms with Gasteiger partial charge in [0.1, 0.15) is 0 Å². The molecule has 2 unspecified atom stereocenters. The van der Waals surface area contributed by atoms with Crippen molar-refractivity contribution >= 4 is 25.8 Å². The molecule has 4 rings (SSSR count). The molecule has 2 bridgehead atoms. The zero-order chi connectivity index (χ0) is 21.5. The van der Waals surface area contributed by atoms with Gasteiger partial charge < -0.3 is 4.74 Å². The van der Waals surface area contributed by atoms with Crippen molar-refractivity contribution in [3.63, 3.8) is 0 Å². The number of rotatable bonds is 5. The van der Waals surface area contributed by atoms with Gasteiger partial charge in [-0.3, -0.25) is 0 Å². The van der Waals surface area contributed by atoms with Gasteiger partial charge in [0, 0.05) is 12.1 Å². The summed E-state index contributed by atoms with van der Waals surface area (Å²) in [6, 6.07) is 13.3. The summed E-state index contributed by atoms with van der Waals surface area (Å²) in [5.41, 5.74) is 0.270. The Hall–Kier alpha value is -2.23. The Morgan fingerprint density at radius 2 is 1.43 bits per heavy atom. The quantitative estimate of drug-likeness (QED) is 0.651. The molecule has 0 aromatic heterocycles. The molecular weight excluding hydrogens is 426 g/mol. The largest absolute Gasteiger partial charge is 0.465 e. The first kappa shape index (κ1) is 21.0. The number of benzene rings is 2. The highest BCUT2D eigenvalue weighted by atomic mass is 32.2. The van der Waals surface area contributed by atoms with Crippen LogP contribution in [0.4, 0.5) is 0 Å². The van der Waals surface area contributed by atoms with E-state index in [1.165, 1.54) is 35.7 Å². The molecule has 30 heavy (non-hydrogen) atoms. The number of ether oxygens (including phenoxy) is 1. The van der Waals surface area contributed by atoms with Crippen molar-refractivity contribution in [2.24, 2.45) is 0 Å². The Morgan fingerprint density at radius 1 is 0.867 bits per heavy atom. The molecular formula is C21H23NO6S2. The van der Waals surface area contributed by atoms with E-state index in [0.29, 0.717) is 12.8 Å². The smallest absolute Gasteiger partial charge is 0.337 e. The zero-order valence-electron chi connectivity index (χ0n) is 16.5. The monoisotopic (exact) mass is 449 g/mol. The SMILES string of the molecule is COC(=O)c1ccc(S(=O)(=O)N2C3CCC2CC(S(=O)(=O)c2ccccc2)C3)cc1. The highest BCUT2D eigenvalue weighted by Gasteiger charge is 2.50. The van der Waals surface area contributed by atoms with Crippen molar-refractivity contribution in [3.05, 3.63) is 60.2 Å². The van der Waals surface area contributed by atoms with Gasteiger partial charge in [0.05, 0.1) is 27.7 Å². The van der Waals surface area contributed by atoms with Gasteiger partial charge in [-0.15, -0.1) is 0 Å². The van der Waals surface area contributed by atoms with Gasteiger partial charge in [0.25, 0.3) is 0 Å². The van der Waals surface area contributed by atoms with E-state index in [-0.39, 0.29) is 40.3 Å². The normalized spacial score (nSPS) is 24.5. The highest BCUT2D eigenvalue weighted by molar-refractivity contribution is 7.92. The van der Waals surface area contributed by atoms with Crippen LogP contribution in [0.2, 0.25) is 0 Å². The summed E-state index contributed by atoms with van der Waals surface area (Å²) in [5.74, 6) is -0.536. The Labute approximate surface area is 176 Å². The van der Waals surface area contributed by atoms with Crippen LogP contribution in [0.15, 0.2) is 64.4 Å². The van der Waals surface area contributed by atoms with Gasteiger partial charge in [-0.25, -0.2) is 21.6 Å². The number of methoxy groups -OCH3 is 1. The lowest BCUT2D eigenvalue weighted by Crippen LogP contribution is -2.49.